The van der Waals surface area contributed by atoms with Crippen LogP contribution < -0.4 is 5.73 Å². The molecule has 2 unspecified atom stereocenters. The van der Waals surface area contributed by atoms with Crippen molar-refractivity contribution in [1.29, 1.82) is 0 Å². The lowest BCUT2D eigenvalue weighted by Crippen LogP contribution is -2.36. The average Bonchev–Trinajstić information content (AvgIpc) is 2.43. The fourth-order valence-corrected chi connectivity index (χ4v) is 2.19. The molecule has 2 heterocycles. The van der Waals surface area contributed by atoms with E-state index in [4.69, 9.17) is 29.6 Å². The minimum absolute atomic E-state index is 0.0240. The van der Waals surface area contributed by atoms with Gasteiger partial charge in [0.05, 0.1) is 4.86 Å². The Labute approximate surface area is 129 Å². The monoisotopic (exact) mass is 308 g/mol. The number of nitrogens with zero attached hydrogens (tertiary/aromatic N) is 3. The minimum Gasteiger partial charge on any atom is -0.305 e. The van der Waals surface area contributed by atoms with E-state index < -0.39 is 6.17 Å². The van der Waals surface area contributed by atoms with E-state index in [1.165, 1.54) is 5.56 Å². The lowest BCUT2D eigenvalue weighted by molar-refractivity contribution is 0.843. The highest BCUT2D eigenvalue weighted by atomic mass is 35.5. The minimum atomic E-state index is -0.589. The first kappa shape index (κ1) is 15.2. The SMILES string of the molecule is CC(C)c1cncc(C(C)C2=NC(N)C(=S)C(Cl)=N2)c1. The van der Waals surface area contributed by atoms with Crippen molar-refractivity contribution in [2.75, 3.05) is 0 Å². The molecule has 2 N–H and O–H groups in total. The molecule has 106 valence electrons. The molecule has 0 spiro atoms. The number of hydrogen-bond acceptors (Lipinski definition) is 5. The number of aromatic nitrogens is 1. The Morgan fingerprint density at radius 3 is 2.50 bits per heavy atom. The van der Waals surface area contributed by atoms with E-state index in [-0.39, 0.29) is 11.1 Å². The van der Waals surface area contributed by atoms with Crippen LogP contribution in [0.3, 0.4) is 0 Å². The van der Waals surface area contributed by atoms with Crippen molar-refractivity contribution < 1.29 is 0 Å². The lowest BCUT2D eigenvalue weighted by atomic mass is 9.96. The molecule has 0 bridgehead atoms. The summed E-state index contributed by atoms with van der Waals surface area (Å²) < 4.78 is 0. The molecule has 1 aliphatic rings. The molecule has 4 nitrogen and oxygen atoms in total. The fourth-order valence-electron chi connectivity index (χ4n) is 1.89. The summed E-state index contributed by atoms with van der Waals surface area (Å²) in [6.07, 6.45) is 3.11. The second-order valence-corrected chi connectivity index (χ2v) is 5.92. The highest BCUT2D eigenvalue weighted by Crippen LogP contribution is 2.23. The van der Waals surface area contributed by atoms with E-state index in [9.17, 15) is 0 Å². The van der Waals surface area contributed by atoms with E-state index in [2.05, 4.69) is 34.9 Å². The first-order valence-corrected chi connectivity index (χ1v) is 7.25. The summed E-state index contributed by atoms with van der Waals surface area (Å²) in [6, 6.07) is 2.12. The Kier molecular flexibility index (Phi) is 4.62. The Balaban J connectivity index is 2.32. The molecule has 0 saturated heterocycles. The third-order valence-electron chi connectivity index (χ3n) is 3.29. The van der Waals surface area contributed by atoms with Gasteiger partial charge in [0.2, 0.25) is 0 Å². The lowest BCUT2D eigenvalue weighted by Gasteiger charge is -2.19. The van der Waals surface area contributed by atoms with Gasteiger partial charge in [-0.25, -0.2) is 9.98 Å². The van der Waals surface area contributed by atoms with Crippen LogP contribution in [0.25, 0.3) is 0 Å². The van der Waals surface area contributed by atoms with E-state index in [0.717, 1.165) is 5.56 Å². The smallest absolute Gasteiger partial charge is 0.148 e. The zero-order chi connectivity index (χ0) is 14.9. The van der Waals surface area contributed by atoms with Gasteiger partial charge in [0.25, 0.3) is 0 Å². The summed E-state index contributed by atoms with van der Waals surface area (Å²) >= 11 is 11.1. The maximum atomic E-state index is 6.00. The number of hydrogen-bond donors (Lipinski definition) is 1. The number of thiocarbonyl (C=S) groups is 1. The average molecular weight is 309 g/mol. The molecule has 0 amide bonds. The highest BCUT2D eigenvalue weighted by molar-refractivity contribution is 7.82. The summed E-state index contributed by atoms with van der Waals surface area (Å²) in [5.41, 5.74) is 8.07. The van der Waals surface area contributed by atoms with Crippen molar-refractivity contribution in [3.63, 3.8) is 0 Å². The maximum Gasteiger partial charge on any atom is 0.148 e. The van der Waals surface area contributed by atoms with Crippen LogP contribution in [0.2, 0.25) is 0 Å². The van der Waals surface area contributed by atoms with Gasteiger partial charge in [-0.2, -0.15) is 0 Å². The Bertz CT molecular complexity index is 595. The van der Waals surface area contributed by atoms with Crippen LogP contribution in [0.1, 0.15) is 43.7 Å². The molecule has 1 aliphatic heterocycles. The first-order chi connectivity index (χ1) is 9.40. The first-order valence-electron chi connectivity index (χ1n) is 6.46. The van der Waals surface area contributed by atoms with E-state index in [1.54, 1.807) is 0 Å². The molecule has 20 heavy (non-hydrogen) atoms. The number of amidine groups is 1. The number of pyridine rings is 1. The summed E-state index contributed by atoms with van der Waals surface area (Å²) in [4.78, 5) is 13.2. The quantitative estimate of drug-likeness (QED) is 0.873. The molecule has 0 fully saturated rings. The maximum absolute atomic E-state index is 6.00. The normalized spacial score (nSPS) is 20.7. The Morgan fingerprint density at radius 2 is 1.90 bits per heavy atom. The summed E-state index contributed by atoms with van der Waals surface area (Å²) in [6.45, 7) is 6.27. The predicted octanol–water partition coefficient (Wildman–Crippen LogP) is 3.01. The highest BCUT2D eigenvalue weighted by Gasteiger charge is 2.23. The molecule has 1 aromatic rings. The van der Waals surface area contributed by atoms with E-state index in [0.29, 0.717) is 16.6 Å². The molecule has 6 heteroatoms. The van der Waals surface area contributed by atoms with Crippen LogP contribution in [-0.2, 0) is 0 Å². The molecule has 2 atom stereocenters. The van der Waals surface area contributed by atoms with Crippen LogP contribution in [0.15, 0.2) is 28.4 Å². The van der Waals surface area contributed by atoms with Gasteiger partial charge in [-0.3, -0.25) is 4.98 Å². The van der Waals surface area contributed by atoms with Crippen molar-refractivity contribution in [3.8, 4) is 0 Å². The van der Waals surface area contributed by atoms with Crippen molar-refractivity contribution >= 4 is 39.7 Å². The fraction of sp³-hybridized carbons (Fsp3) is 0.429. The van der Waals surface area contributed by atoms with Crippen molar-refractivity contribution in [3.05, 3.63) is 29.6 Å². The molecular weight excluding hydrogens is 292 g/mol. The van der Waals surface area contributed by atoms with Gasteiger partial charge in [-0.1, -0.05) is 50.7 Å². The molecule has 0 aliphatic carbocycles. The summed E-state index contributed by atoms with van der Waals surface area (Å²) in [7, 11) is 0. The third kappa shape index (κ3) is 3.11. The third-order valence-corrected chi connectivity index (χ3v) is 4.13. The summed E-state index contributed by atoms with van der Waals surface area (Å²) in [5.74, 6) is 0.993. The molecular formula is C14H17ClN4S. The molecule has 0 aromatic carbocycles. The Morgan fingerprint density at radius 1 is 1.25 bits per heavy atom. The predicted molar refractivity (Wildman–Crippen MR) is 88.0 cm³/mol. The van der Waals surface area contributed by atoms with Crippen LogP contribution in [0, 0.1) is 0 Å². The number of aliphatic imine (C=N–C) groups is 2. The number of rotatable bonds is 3. The number of halogens is 1. The summed E-state index contributed by atoms with van der Waals surface area (Å²) in [5, 5.41) is 0.261. The van der Waals surface area contributed by atoms with Crippen molar-refractivity contribution in [2.24, 2.45) is 15.7 Å². The molecule has 0 saturated carbocycles. The van der Waals surface area contributed by atoms with E-state index >= 15 is 0 Å². The topological polar surface area (TPSA) is 63.6 Å². The van der Waals surface area contributed by atoms with Gasteiger partial charge in [0, 0.05) is 18.3 Å². The van der Waals surface area contributed by atoms with Crippen LogP contribution in [-0.4, -0.2) is 27.0 Å². The van der Waals surface area contributed by atoms with Gasteiger partial charge in [0.1, 0.15) is 17.2 Å². The van der Waals surface area contributed by atoms with Crippen molar-refractivity contribution in [2.45, 2.75) is 38.8 Å². The zero-order valence-electron chi connectivity index (χ0n) is 11.7. The van der Waals surface area contributed by atoms with Gasteiger partial charge in [-0.15, -0.1) is 0 Å². The number of nitrogens with two attached hydrogens (primary N) is 1. The molecule has 2 rings (SSSR count). The largest absolute Gasteiger partial charge is 0.305 e. The van der Waals surface area contributed by atoms with Crippen LogP contribution in [0.5, 0.6) is 0 Å². The molecule has 0 radical (unpaired) electrons. The van der Waals surface area contributed by atoms with E-state index in [1.807, 2.05) is 19.3 Å². The van der Waals surface area contributed by atoms with Gasteiger partial charge < -0.3 is 5.73 Å². The second-order valence-electron chi connectivity index (χ2n) is 5.13. The standard InChI is InChI=1S/C14H17ClN4S/c1-7(2)9-4-10(6-17-5-9)8(3)14-18-12(15)11(20)13(16)19-14/h4-8,13H,16H2,1-3H3. The second kappa shape index (κ2) is 6.08. The van der Waals surface area contributed by atoms with Crippen LogP contribution in [0.4, 0.5) is 0 Å². The zero-order valence-corrected chi connectivity index (χ0v) is 13.2. The van der Waals surface area contributed by atoms with Crippen molar-refractivity contribution in [1.82, 2.24) is 4.98 Å². The Hall–Kier alpha value is -1.17. The molecule has 1 aromatic heterocycles. The van der Waals surface area contributed by atoms with Gasteiger partial charge in [-0.05, 0) is 17.0 Å². The van der Waals surface area contributed by atoms with Gasteiger partial charge in [0.15, 0.2) is 0 Å². The van der Waals surface area contributed by atoms with Gasteiger partial charge >= 0.3 is 0 Å². The van der Waals surface area contributed by atoms with Crippen LogP contribution >= 0.6 is 23.8 Å².